The Bertz CT molecular complexity index is 955. The Balaban J connectivity index is 1.46. The molecule has 0 radical (unpaired) electrons. The number of benzene rings is 1. The van der Waals surface area contributed by atoms with Gasteiger partial charge in [-0.2, -0.15) is 0 Å². The van der Waals surface area contributed by atoms with Gasteiger partial charge in [-0.25, -0.2) is 0 Å². The van der Waals surface area contributed by atoms with E-state index in [-0.39, 0.29) is 5.54 Å². The molecule has 1 aromatic heterocycles. The van der Waals surface area contributed by atoms with Crippen LogP contribution in [0.4, 0.5) is 0 Å². The summed E-state index contributed by atoms with van der Waals surface area (Å²) in [6, 6.07) is 9.21. The molecule has 1 atom stereocenters. The van der Waals surface area contributed by atoms with E-state index in [1.807, 2.05) is 11.7 Å². The first-order chi connectivity index (χ1) is 15.9. The smallest absolute Gasteiger partial charge is 0.237 e. The highest BCUT2D eigenvalue weighted by Crippen LogP contribution is 2.58. The zero-order chi connectivity index (χ0) is 23.1. The number of hydrogen-bond acceptors (Lipinski definition) is 5. The van der Waals surface area contributed by atoms with Crippen molar-refractivity contribution in [3.05, 3.63) is 47.2 Å². The molecule has 2 aromatic rings. The van der Waals surface area contributed by atoms with Crippen molar-refractivity contribution in [2.24, 2.45) is 18.4 Å². The van der Waals surface area contributed by atoms with Gasteiger partial charge < -0.3 is 15.4 Å². The molecule has 1 aromatic carbocycles. The largest absolute Gasteiger partial charge is 0.480 e. The van der Waals surface area contributed by atoms with E-state index in [1.54, 1.807) is 7.11 Å². The number of rotatable bonds is 6. The number of ether oxygens (including phenoxy) is 1. The molecule has 2 saturated heterocycles. The molecular formula is C27H41N5O. The molecule has 2 aliphatic heterocycles. The van der Waals surface area contributed by atoms with Crippen LogP contribution in [0.1, 0.15) is 62.1 Å². The maximum absolute atomic E-state index is 5.57. The zero-order valence-corrected chi connectivity index (χ0v) is 20.9. The third-order valence-corrected chi connectivity index (χ3v) is 8.58. The molecule has 180 valence electrons. The van der Waals surface area contributed by atoms with Crippen molar-refractivity contribution >= 4 is 0 Å². The van der Waals surface area contributed by atoms with Crippen LogP contribution in [-0.4, -0.2) is 54.5 Å². The predicted octanol–water partition coefficient (Wildman–Crippen LogP) is 3.63. The minimum absolute atomic E-state index is 0.00465. The van der Waals surface area contributed by atoms with E-state index in [1.165, 1.54) is 55.5 Å². The van der Waals surface area contributed by atoms with Gasteiger partial charge in [0.2, 0.25) is 5.88 Å². The van der Waals surface area contributed by atoms with Gasteiger partial charge in [0.05, 0.1) is 12.6 Å². The van der Waals surface area contributed by atoms with E-state index in [9.17, 15) is 0 Å². The van der Waals surface area contributed by atoms with Crippen molar-refractivity contribution in [1.29, 1.82) is 0 Å². The summed E-state index contributed by atoms with van der Waals surface area (Å²) in [6.45, 7) is 11.0. The molecule has 1 unspecified atom stereocenters. The average molecular weight is 452 g/mol. The standard InChI is InChI=1S/C27H41N5O/c1-20(2)23-7-5-6-8-24(23)27(22-15-26(16-22)9-11-28-12-10-26)19-32(14-13-29-27)18-21-17-31(3)30-25(21)33-4/h5-8,17,20,22,28-29H,9-16,18-19H2,1-4H3. The van der Waals surface area contributed by atoms with Gasteiger partial charge in [-0.15, -0.1) is 5.10 Å². The number of piperazine rings is 1. The lowest BCUT2D eigenvalue weighted by atomic mass is 9.51. The van der Waals surface area contributed by atoms with Crippen molar-refractivity contribution in [2.45, 2.75) is 57.5 Å². The van der Waals surface area contributed by atoms with Crippen LogP contribution >= 0.6 is 0 Å². The highest BCUT2D eigenvalue weighted by molar-refractivity contribution is 5.39. The summed E-state index contributed by atoms with van der Waals surface area (Å²) in [5.74, 6) is 1.94. The first-order valence-corrected chi connectivity index (χ1v) is 12.8. The summed E-state index contributed by atoms with van der Waals surface area (Å²) in [5, 5.41) is 12.2. The van der Waals surface area contributed by atoms with Gasteiger partial charge in [0.1, 0.15) is 0 Å². The molecule has 0 bridgehead atoms. The lowest BCUT2D eigenvalue weighted by Gasteiger charge is -2.60. The van der Waals surface area contributed by atoms with Crippen LogP contribution in [0.25, 0.3) is 0 Å². The maximum Gasteiger partial charge on any atom is 0.237 e. The summed E-state index contributed by atoms with van der Waals surface area (Å²) in [5.41, 5.74) is 4.77. The Morgan fingerprint density at radius 3 is 2.64 bits per heavy atom. The number of aryl methyl sites for hydroxylation is 1. The van der Waals surface area contributed by atoms with Crippen LogP contribution in [0.5, 0.6) is 5.88 Å². The van der Waals surface area contributed by atoms with Crippen LogP contribution in [0.3, 0.4) is 0 Å². The van der Waals surface area contributed by atoms with Gasteiger partial charge in [-0.05, 0) is 67.2 Å². The fourth-order valence-corrected chi connectivity index (χ4v) is 6.88. The van der Waals surface area contributed by atoms with Crippen molar-refractivity contribution in [2.75, 3.05) is 39.8 Å². The molecular weight excluding hydrogens is 410 g/mol. The fraction of sp³-hybridized carbons (Fsp3) is 0.667. The van der Waals surface area contributed by atoms with Gasteiger partial charge in [0.25, 0.3) is 0 Å². The summed E-state index contributed by atoms with van der Waals surface area (Å²) in [7, 11) is 3.69. The number of nitrogens with one attached hydrogen (secondary N) is 2. The number of nitrogens with zero attached hydrogens (tertiary/aromatic N) is 3. The molecule has 2 N–H and O–H groups in total. The molecule has 6 nitrogen and oxygen atoms in total. The molecule has 0 amide bonds. The topological polar surface area (TPSA) is 54.4 Å². The molecule has 5 rings (SSSR count). The third-order valence-electron chi connectivity index (χ3n) is 8.58. The summed E-state index contributed by atoms with van der Waals surface area (Å²) in [6.07, 6.45) is 7.47. The quantitative estimate of drug-likeness (QED) is 0.702. The number of piperidine rings is 1. The molecule has 33 heavy (non-hydrogen) atoms. The van der Waals surface area contributed by atoms with Crippen molar-refractivity contribution in [3.63, 3.8) is 0 Å². The van der Waals surface area contributed by atoms with Crippen molar-refractivity contribution in [1.82, 2.24) is 25.3 Å². The highest BCUT2D eigenvalue weighted by atomic mass is 16.5. The van der Waals surface area contributed by atoms with Gasteiger partial charge >= 0.3 is 0 Å². The Morgan fingerprint density at radius 2 is 1.91 bits per heavy atom. The monoisotopic (exact) mass is 451 g/mol. The predicted molar refractivity (Wildman–Crippen MR) is 133 cm³/mol. The molecule has 3 heterocycles. The zero-order valence-electron chi connectivity index (χ0n) is 20.9. The second-order valence-corrected chi connectivity index (χ2v) is 11.0. The Hall–Kier alpha value is -1.89. The first kappa shape index (κ1) is 22.9. The molecule has 1 spiro atoms. The van der Waals surface area contributed by atoms with Gasteiger partial charge in [-0.3, -0.25) is 9.58 Å². The maximum atomic E-state index is 5.57. The van der Waals surface area contributed by atoms with Crippen LogP contribution in [-0.2, 0) is 19.1 Å². The second kappa shape index (κ2) is 9.05. The summed E-state index contributed by atoms with van der Waals surface area (Å²) < 4.78 is 7.44. The van der Waals surface area contributed by atoms with Crippen LogP contribution in [0, 0.1) is 11.3 Å². The van der Waals surface area contributed by atoms with E-state index in [2.05, 4.69) is 64.9 Å². The van der Waals surface area contributed by atoms with Gasteiger partial charge in [-0.1, -0.05) is 38.1 Å². The minimum atomic E-state index is 0.00465. The average Bonchev–Trinajstić information content (AvgIpc) is 3.17. The number of methoxy groups -OCH3 is 1. The fourth-order valence-electron chi connectivity index (χ4n) is 6.88. The van der Waals surface area contributed by atoms with Crippen molar-refractivity contribution in [3.8, 4) is 5.88 Å². The van der Waals surface area contributed by atoms with Crippen LogP contribution < -0.4 is 15.4 Å². The van der Waals surface area contributed by atoms with E-state index >= 15 is 0 Å². The first-order valence-electron chi connectivity index (χ1n) is 12.8. The van der Waals surface area contributed by atoms with E-state index in [4.69, 9.17) is 4.74 Å². The highest BCUT2D eigenvalue weighted by Gasteiger charge is 2.55. The lowest BCUT2D eigenvalue weighted by Crippen LogP contribution is -2.66. The van der Waals surface area contributed by atoms with E-state index in [0.29, 0.717) is 17.3 Å². The van der Waals surface area contributed by atoms with E-state index in [0.717, 1.165) is 32.1 Å². The third kappa shape index (κ3) is 4.22. The Labute approximate surface area is 199 Å². The summed E-state index contributed by atoms with van der Waals surface area (Å²) >= 11 is 0. The number of hydrogen-bond donors (Lipinski definition) is 2. The van der Waals surface area contributed by atoms with Crippen LogP contribution in [0.2, 0.25) is 0 Å². The molecule has 6 heteroatoms. The van der Waals surface area contributed by atoms with E-state index < -0.39 is 0 Å². The lowest BCUT2D eigenvalue weighted by molar-refractivity contribution is -0.0586. The van der Waals surface area contributed by atoms with Crippen LogP contribution in [0.15, 0.2) is 30.5 Å². The molecule has 1 aliphatic carbocycles. The van der Waals surface area contributed by atoms with Crippen molar-refractivity contribution < 1.29 is 4.74 Å². The Kier molecular flexibility index (Phi) is 6.27. The molecule has 3 fully saturated rings. The SMILES string of the molecule is COc1nn(C)cc1CN1CCNC(c2ccccc2C(C)C)(C2CC3(CCNCC3)C2)C1. The molecule has 3 aliphatic rings. The molecule has 1 saturated carbocycles. The summed E-state index contributed by atoms with van der Waals surface area (Å²) in [4.78, 5) is 2.63. The minimum Gasteiger partial charge on any atom is -0.480 e. The van der Waals surface area contributed by atoms with Gasteiger partial charge in [0.15, 0.2) is 0 Å². The normalized spacial score (nSPS) is 26.0. The van der Waals surface area contributed by atoms with Gasteiger partial charge in [0, 0.05) is 45.0 Å². The second-order valence-electron chi connectivity index (χ2n) is 11.0. The number of aromatic nitrogens is 2. The Morgan fingerprint density at radius 1 is 1.15 bits per heavy atom.